The van der Waals surface area contributed by atoms with E-state index in [0.29, 0.717) is 11.4 Å². The van der Waals surface area contributed by atoms with E-state index in [2.05, 4.69) is 16.1 Å². The van der Waals surface area contributed by atoms with E-state index in [1.165, 1.54) is 0 Å². The van der Waals surface area contributed by atoms with Crippen molar-refractivity contribution in [1.82, 2.24) is 21.1 Å². The van der Waals surface area contributed by atoms with Crippen molar-refractivity contribution in [1.29, 1.82) is 0 Å². The Hall–Kier alpha value is -2.90. The van der Waals surface area contributed by atoms with E-state index in [4.69, 9.17) is 0 Å². The van der Waals surface area contributed by atoms with Crippen LogP contribution in [0.2, 0.25) is 0 Å². The van der Waals surface area contributed by atoms with Gasteiger partial charge in [-0.3, -0.25) is 19.8 Å². The molecule has 0 aromatic heterocycles. The molecule has 24 heavy (non-hydrogen) atoms. The van der Waals surface area contributed by atoms with Gasteiger partial charge in [-0.2, -0.15) is 5.01 Å². The zero-order chi connectivity index (χ0) is 17.7. The zero-order valence-corrected chi connectivity index (χ0v) is 13.6. The monoisotopic (exact) mass is 332 g/mol. The minimum atomic E-state index is -1.03. The van der Waals surface area contributed by atoms with Crippen LogP contribution in [0.25, 0.3) is 0 Å². The molecule has 3 N–H and O–H groups in total. The van der Waals surface area contributed by atoms with E-state index in [1.54, 1.807) is 26.0 Å². The summed E-state index contributed by atoms with van der Waals surface area (Å²) in [5, 5.41) is 5.61. The lowest BCUT2D eigenvalue weighted by Crippen LogP contribution is -2.51. The fourth-order valence-corrected chi connectivity index (χ4v) is 2.21. The first-order valence-electron chi connectivity index (χ1n) is 7.62. The number of amides is 5. The minimum Gasteiger partial charge on any atom is -0.347 e. The first kappa shape index (κ1) is 17.5. The highest BCUT2D eigenvalue weighted by molar-refractivity contribution is 6.07. The third-order valence-electron chi connectivity index (χ3n) is 3.86. The van der Waals surface area contributed by atoms with Gasteiger partial charge in [0.2, 0.25) is 5.91 Å². The normalized spacial score (nSPS) is 19.8. The maximum absolute atomic E-state index is 12.1. The predicted octanol–water partition coefficient (Wildman–Crippen LogP) is 0.0970. The van der Waals surface area contributed by atoms with Gasteiger partial charge in [-0.25, -0.2) is 4.79 Å². The molecule has 1 atom stereocenters. The number of hydrogen-bond acceptors (Lipinski definition) is 4. The molecule has 128 valence electrons. The second-order valence-electron chi connectivity index (χ2n) is 5.73. The van der Waals surface area contributed by atoms with Gasteiger partial charge >= 0.3 is 6.03 Å². The largest absolute Gasteiger partial charge is 0.347 e. The molecule has 2 rings (SSSR count). The molecule has 0 bridgehead atoms. The zero-order valence-electron chi connectivity index (χ0n) is 13.6. The number of imide groups is 1. The van der Waals surface area contributed by atoms with Crippen LogP contribution in [0.15, 0.2) is 30.3 Å². The van der Waals surface area contributed by atoms with Crippen molar-refractivity contribution in [3.8, 4) is 0 Å². The molecule has 8 heteroatoms. The number of hydrazine groups is 1. The van der Waals surface area contributed by atoms with Crippen LogP contribution in [-0.2, 0) is 20.8 Å². The molecule has 0 unspecified atom stereocenters. The SMILES string of the molecule is CC[C@@]1(C)NC(=O)N(NC(=O)CNC(=O)Cc2ccccc2)C1=O. The number of benzene rings is 1. The number of nitrogens with zero attached hydrogens (tertiary/aromatic N) is 1. The average molecular weight is 332 g/mol. The predicted molar refractivity (Wildman–Crippen MR) is 85.4 cm³/mol. The highest BCUT2D eigenvalue weighted by Crippen LogP contribution is 2.18. The molecule has 1 aromatic carbocycles. The van der Waals surface area contributed by atoms with Crippen LogP contribution >= 0.6 is 0 Å². The van der Waals surface area contributed by atoms with Crippen LogP contribution < -0.4 is 16.1 Å². The van der Waals surface area contributed by atoms with E-state index in [9.17, 15) is 19.2 Å². The van der Waals surface area contributed by atoms with Gasteiger partial charge in [-0.15, -0.1) is 0 Å². The topological polar surface area (TPSA) is 108 Å². The lowest BCUT2D eigenvalue weighted by atomic mass is 10.00. The first-order chi connectivity index (χ1) is 11.4. The third kappa shape index (κ3) is 3.89. The molecule has 1 fully saturated rings. The molecule has 1 aromatic rings. The molecule has 0 radical (unpaired) electrons. The van der Waals surface area contributed by atoms with Gasteiger partial charge in [0, 0.05) is 0 Å². The number of rotatable bonds is 6. The van der Waals surface area contributed by atoms with Crippen molar-refractivity contribution >= 4 is 23.8 Å². The number of urea groups is 1. The molecular formula is C16H20N4O4. The van der Waals surface area contributed by atoms with Crippen molar-refractivity contribution in [2.45, 2.75) is 32.2 Å². The Morgan fingerprint density at radius 2 is 1.83 bits per heavy atom. The van der Waals surface area contributed by atoms with Crippen molar-refractivity contribution in [2.24, 2.45) is 0 Å². The highest BCUT2D eigenvalue weighted by atomic mass is 16.2. The lowest BCUT2D eigenvalue weighted by Gasteiger charge is -2.19. The maximum atomic E-state index is 12.1. The van der Waals surface area contributed by atoms with Gasteiger partial charge < -0.3 is 10.6 Å². The van der Waals surface area contributed by atoms with Crippen LogP contribution in [0.4, 0.5) is 4.79 Å². The summed E-state index contributed by atoms with van der Waals surface area (Å²) >= 11 is 0. The lowest BCUT2D eigenvalue weighted by molar-refractivity contribution is -0.138. The smallest absolute Gasteiger partial charge is 0.344 e. The molecule has 0 saturated carbocycles. The van der Waals surface area contributed by atoms with Crippen molar-refractivity contribution in [3.05, 3.63) is 35.9 Å². The first-order valence-corrected chi connectivity index (χ1v) is 7.62. The van der Waals surface area contributed by atoms with Crippen molar-refractivity contribution in [3.63, 3.8) is 0 Å². The Morgan fingerprint density at radius 1 is 1.17 bits per heavy atom. The summed E-state index contributed by atoms with van der Waals surface area (Å²) in [7, 11) is 0. The molecule has 0 spiro atoms. The van der Waals surface area contributed by atoms with E-state index in [0.717, 1.165) is 5.56 Å². The van der Waals surface area contributed by atoms with Gasteiger partial charge in [0.1, 0.15) is 5.54 Å². The Balaban J connectivity index is 1.82. The molecular weight excluding hydrogens is 312 g/mol. The summed E-state index contributed by atoms with van der Waals surface area (Å²) < 4.78 is 0. The van der Waals surface area contributed by atoms with Gasteiger partial charge in [0.25, 0.3) is 11.8 Å². The fraction of sp³-hybridized carbons (Fsp3) is 0.375. The summed E-state index contributed by atoms with van der Waals surface area (Å²) in [6, 6.07) is 8.40. The highest BCUT2D eigenvalue weighted by Gasteiger charge is 2.47. The average Bonchev–Trinajstić information content (AvgIpc) is 2.78. The second-order valence-corrected chi connectivity index (χ2v) is 5.73. The van der Waals surface area contributed by atoms with Crippen molar-refractivity contribution < 1.29 is 19.2 Å². The molecule has 1 aliphatic heterocycles. The quantitative estimate of drug-likeness (QED) is 0.642. The fourth-order valence-electron chi connectivity index (χ4n) is 2.21. The van der Waals surface area contributed by atoms with Gasteiger partial charge in [-0.1, -0.05) is 37.3 Å². The molecule has 1 aliphatic rings. The van der Waals surface area contributed by atoms with Crippen LogP contribution in [0.5, 0.6) is 0 Å². The molecule has 1 heterocycles. The number of hydrogen-bond donors (Lipinski definition) is 3. The Morgan fingerprint density at radius 3 is 2.42 bits per heavy atom. The van der Waals surface area contributed by atoms with E-state index in [-0.39, 0.29) is 18.9 Å². The van der Waals surface area contributed by atoms with E-state index < -0.39 is 23.4 Å². The van der Waals surface area contributed by atoms with Crippen molar-refractivity contribution in [2.75, 3.05) is 6.54 Å². The van der Waals surface area contributed by atoms with Crippen LogP contribution in [0.1, 0.15) is 25.8 Å². The third-order valence-corrected chi connectivity index (χ3v) is 3.86. The maximum Gasteiger partial charge on any atom is 0.344 e. The summed E-state index contributed by atoms with van der Waals surface area (Å²) in [6.45, 7) is 3.01. The number of carbonyl (C=O) groups excluding carboxylic acids is 4. The Labute approximate surface area is 139 Å². The van der Waals surface area contributed by atoms with Gasteiger partial charge in [-0.05, 0) is 18.9 Å². The minimum absolute atomic E-state index is 0.144. The van der Waals surface area contributed by atoms with Crippen LogP contribution in [0, 0.1) is 0 Å². The molecule has 8 nitrogen and oxygen atoms in total. The second kappa shape index (κ2) is 7.12. The number of carbonyl (C=O) groups is 4. The summed E-state index contributed by atoms with van der Waals surface area (Å²) in [5.41, 5.74) is 2.00. The summed E-state index contributed by atoms with van der Waals surface area (Å²) in [4.78, 5) is 47.5. The number of nitrogens with one attached hydrogen (secondary N) is 3. The standard InChI is InChI=1S/C16H20N4O4/c1-3-16(2)14(23)20(15(24)18-16)19-13(22)10-17-12(21)9-11-7-5-4-6-8-11/h4-8H,3,9-10H2,1-2H3,(H,17,21)(H,18,24)(H,19,22)/t16-/m1/s1. The Kier molecular flexibility index (Phi) is 5.18. The van der Waals surface area contributed by atoms with Gasteiger partial charge in [0.05, 0.1) is 13.0 Å². The molecule has 1 saturated heterocycles. The van der Waals surface area contributed by atoms with Gasteiger partial charge in [0.15, 0.2) is 0 Å². The molecule has 0 aliphatic carbocycles. The Bertz CT molecular complexity index is 661. The van der Waals surface area contributed by atoms with E-state index >= 15 is 0 Å². The molecule has 5 amide bonds. The van der Waals surface area contributed by atoms with E-state index in [1.807, 2.05) is 18.2 Å². The van der Waals surface area contributed by atoms with Crippen LogP contribution in [-0.4, -0.2) is 40.8 Å². The van der Waals surface area contributed by atoms with Crippen LogP contribution in [0.3, 0.4) is 0 Å². The summed E-state index contributed by atoms with van der Waals surface area (Å²) in [6.07, 6.45) is 0.545. The summed E-state index contributed by atoms with van der Waals surface area (Å²) in [5.74, 6) is -1.51.